The highest BCUT2D eigenvalue weighted by Crippen LogP contribution is 2.64. The fourth-order valence-corrected chi connectivity index (χ4v) is 21.6. The second kappa shape index (κ2) is 16.2. The van der Waals surface area contributed by atoms with E-state index >= 15 is 0 Å². The number of rotatable bonds is 5. The van der Waals surface area contributed by atoms with Gasteiger partial charge in [-0.1, -0.05) is 64.2 Å². The molecule has 0 N–H and O–H groups in total. The Morgan fingerprint density at radius 3 is 1.71 bits per heavy atom. The van der Waals surface area contributed by atoms with Gasteiger partial charge in [0.15, 0.2) is 0 Å². The summed E-state index contributed by atoms with van der Waals surface area (Å²) in [7, 11) is 0. The number of hydrogen-bond donors (Lipinski definition) is 0. The summed E-state index contributed by atoms with van der Waals surface area (Å²) in [6.45, 7) is 0. The Bertz CT molecular complexity index is 1340. The highest BCUT2D eigenvalue weighted by atomic mass is 32.2. The lowest BCUT2D eigenvalue weighted by Crippen LogP contribution is -2.58. The highest BCUT2D eigenvalue weighted by molar-refractivity contribution is 8.00. The van der Waals surface area contributed by atoms with Crippen LogP contribution in [0.1, 0.15) is 199 Å². The molecule has 3 nitrogen and oxygen atoms in total. The van der Waals surface area contributed by atoms with Crippen LogP contribution in [0.4, 0.5) is 0 Å². The minimum Gasteiger partial charge on any atom is -0.374 e. The van der Waals surface area contributed by atoms with Crippen molar-refractivity contribution in [1.82, 2.24) is 4.90 Å². The van der Waals surface area contributed by atoms with Crippen LogP contribution in [-0.4, -0.2) is 57.9 Å². The molecule has 0 aromatic rings. The second-order valence-electron chi connectivity index (χ2n) is 23.5. The van der Waals surface area contributed by atoms with Crippen molar-refractivity contribution in [2.45, 2.75) is 252 Å². The minimum atomic E-state index is 0.554. The van der Waals surface area contributed by atoms with Crippen molar-refractivity contribution in [3.63, 3.8) is 0 Å². The topological polar surface area (TPSA) is 21.7 Å². The van der Waals surface area contributed by atoms with Gasteiger partial charge in [-0.2, -0.15) is 11.8 Å². The Balaban J connectivity index is 0.744. The smallest absolute Gasteiger partial charge is 0.0766 e. The van der Waals surface area contributed by atoms with Gasteiger partial charge in [0.2, 0.25) is 0 Å². The van der Waals surface area contributed by atoms with Gasteiger partial charge in [0, 0.05) is 34.5 Å². The summed E-state index contributed by atoms with van der Waals surface area (Å²) in [5, 5.41) is 1.91. The van der Waals surface area contributed by atoms with E-state index in [1.54, 1.807) is 57.8 Å². The van der Waals surface area contributed by atoms with Gasteiger partial charge < -0.3 is 9.47 Å². The normalized spacial score (nSPS) is 55.6. The first-order valence-corrected chi connectivity index (χ1v) is 27.4. The molecule has 0 bridgehead atoms. The quantitative estimate of drug-likeness (QED) is 0.277. The zero-order valence-electron chi connectivity index (χ0n) is 35.7. The minimum absolute atomic E-state index is 0.554. The lowest BCUT2D eigenvalue weighted by Gasteiger charge is -2.53. The number of thioether (sulfide) groups is 1. The van der Waals surface area contributed by atoms with Gasteiger partial charge in [-0.05, 0) is 200 Å². The van der Waals surface area contributed by atoms with E-state index in [1.165, 1.54) is 141 Å². The van der Waals surface area contributed by atoms with Crippen molar-refractivity contribution in [3.8, 4) is 0 Å². The number of ether oxygens (including phenoxy) is 2. The first-order valence-electron chi connectivity index (χ1n) is 26.5. The molecule has 0 radical (unpaired) electrons. The van der Waals surface area contributed by atoms with Crippen LogP contribution in [0.2, 0.25) is 0 Å². The molecule has 17 unspecified atom stereocenters. The summed E-state index contributed by atoms with van der Waals surface area (Å²) in [6, 6.07) is 2.39. The predicted octanol–water partition coefficient (Wildman–Crippen LogP) is 13.0. The lowest BCUT2D eigenvalue weighted by molar-refractivity contribution is -0.0859. The molecule has 56 heavy (non-hydrogen) atoms. The second-order valence-corrected chi connectivity index (χ2v) is 24.9. The fraction of sp³-hybridized carbons (Fsp3) is 1.00. The van der Waals surface area contributed by atoms with E-state index in [1.807, 2.05) is 0 Å². The largest absolute Gasteiger partial charge is 0.374 e. The predicted molar refractivity (Wildman–Crippen MR) is 231 cm³/mol. The van der Waals surface area contributed by atoms with Crippen LogP contribution in [0.5, 0.6) is 0 Å². The zero-order valence-corrected chi connectivity index (χ0v) is 36.5. The molecule has 0 spiro atoms. The van der Waals surface area contributed by atoms with Crippen molar-refractivity contribution >= 4 is 11.8 Å². The van der Waals surface area contributed by atoms with Crippen LogP contribution < -0.4 is 0 Å². The third kappa shape index (κ3) is 6.72. The molecule has 3 heterocycles. The Hall–Kier alpha value is 0.230. The first kappa shape index (κ1) is 37.9. The molecule has 3 saturated heterocycles. The van der Waals surface area contributed by atoms with Gasteiger partial charge in [-0.15, -0.1) is 0 Å². The third-order valence-corrected chi connectivity index (χ3v) is 23.4. The van der Waals surface area contributed by atoms with Gasteiger partial charge in [-0.25, -0.2) is 0 Å². The lowest BCUT2D eigenvalue weighted by atomic mass is 9.62. The van der Waals surface area contributed by atoms with Crippen LogP contribution in [0.15, 0.2) is 0 Å². The van der Waals surface area contributed by atoms with Crippen molar-refractivity contribution in [2.24, 2.45) is 71.0 Å². The Morgan fingerprint density at radius 1 is 0.339 bits per heavy atom. The molecule has 0 amide bonds. The molecule has 0 aromatic heterocycles. The molecule has 3 aliphatic heterocycles. The van der Waals surface area contributed by atoms with E-state index in [9.17, 15) is 0 Å². The van der Waals surface area contributed by atoms with Crippen LogP contribution in [0, 0.1) is 71.0 Å². The zero-order chi connectivity index (χ0) is 36.7. The van der Waals surface area contributed by atoms with Gasteiger partial charge in [0.25, 0.3) is 0 Å². The Morgan fingerprint density at radius 2 is 0.893 bits per heavy atom. The van der Waals surface area contributed by atoms with Crippen molar-refractivity contribution < 1.29 is 9.47 Å². The molecular weight excluding hydrogens is 703 g/mol. The van der Waals surface area contributed by atoms with E-state index < -0.39 is 0 Å². The van der Waals surface area contributed by atoms with E-state index in [0.29, 0.717) is 24.4 Å². The Labute approximate surface area is 347 Å². The summed E-state index contributed by atoms with van der Waals surface area (Å²) in [6.07, 6.45) is 48.9. The van der Waals surface area contributed by atoms with Crippen LogP contribution in [-0.2, 0) is 9.47 Å². The monoisotopic (exact) mass is 786 g/mol. The van der Waals surface area contributed by atoms with Gasteiger partial charge >= 0.3 is 0 Å². The van der Waals surface area contributed by atoms with Crippen LogP contribution in [0.25, 0.3) is 0 Å². The highest BCUT2D eigenvalue weighted by Gasteiger charge is 2.60. The van der Waals surface area contributed by atoms with E-state index in [-0.39, 0.29) is 0 Å². The molecule has 17 atom stereocenters. The van der Waals surface area contributed by atoms with Crippen molar-refractivity contribution in [3.05, 3.63) is 0 Å². The molecule has 12 fully saturated rings. The standard InChI is InChI=1S/C52H83NO2S/c1-2-10-35-31-36(20-19-32(35)9-1)33-21-25-37(26-22-33)53(45-16-8-14-41-40-11-3-5-17-46(40)55-50(41)45)38-27-23-34(24-28-38)39-13-7-15-42-43-29-30-48-49(52(43)56-51(39)42)44-12-4-6-18-47(44)54-48/h32-52H,1-31H2. The number of fused-ring (bicyclic) bond motifs is 11. The third-order valence-electron chi connectivity index (χ3n) is 21.4. The van der Waals surface area contributed by atoms with Crippen molar-refractivity contribution in [1.29, 1.82) is 0 Å². The van der Waals surface area contributed by atoms with Crippen molar-refractivity contribution in [2.75, 3.05) is 0 Å². The molecule has 9 saturated carbocycles. The van der Waals surface area contributed by atoms with Gasteiger partial charge in [0.1, 0.15) is 0 Å². The molecule has 12 rings (SSSR count). The first-order chi connectivity index (χ1) is 27.7. The van der Waals surface area contributed by atoms with Crippen LogP contribution in [0.3, 0.4) is 0 Å². The average molecular weight is 786 g/mol. The summed E-state index contributed by atoms with van der Waals surface area (Å²) in [5.41, 5.74) is 0. The fourth-order valence-electron chi connectivity index (χ4n) is 19.1. The molecule has 0 aromatic carbocycles. The maximum absolute atomic E-state index is 7.33. The van der Waals surface area contributed by atoms with Gasteiger partial charge in [0.05, 0.1) is 24.4 Å². The molecule has 4 heteroatoms. The molecule has 12 aliphatic rings. The number of hydrogen-bond acceptors (Lipinski definition) is 4. The maximum atomic E-state index is 7.33. The SMILES string of the molecule is C1CCC2CC(C3CCC(N(C4CCC(C5CCCC6C7CCC8OC9CCCCC9C8C7SC56)CC4)C4CCCC5C6CCCCC6OC54)CC3)CCC2C1. The average Bonchev–Trinajstić information content (AvgIpc) is 3.96. The summed E-state index contributed by atoms with van der Waals surface area (Å²) >= 11 is 2.60. The Kier molecular flexibility index (Phi) is 11.0. The molecule has 314 valence electrons. The maximum Gasteiger partial charge on any atom is 0.0766 e. The van der Waals surface area contributed by atoms with E-state index in [4.69, 9.17) is 9.47 Å². The van der Waals surface area contributed by atoms with Crippen LogP contribution >= 0.6 is 11.8 Å². The summed E-state index contributed by atoms with van der Waals surface area (Å²) < 4.78 is 14.2. The number of nitrogens with zero attached hydrogens (tertiary/aromatic N) is 1. The summed E-state index contributed by atoms with van der Waals surface area (Å²) in [4.78, 5) is 3.34. The molecular formula is C52H83NO2S. The summed E-state index contributed by atoms with van der Waals surface area (Å²) in [5.74, 6) is 11.9. The molecule has 9 aliphatic carbocycles. The van der Waals surface area contributed by atoms with Gasteiger partial charge in [-0.3, -0.25) is 4.90 Å². The van der Waals surface area contributed by atoms with E-state index in [0.717, 1.165) is 99.6 Å². The van der Waals surface area contributed by atoms with E-state index in [2.05, 4.69) is 16.7 Å².